The van der Waals surface area contributed by atoms with Crippen LogP contribution in [0.3, 0.4) is 0 Å². The molecule has 0 saturated heterocycles. The molecule has 0 fully saturated rings. The van der Waals surface area contributed by atoms with Crippen molar-refractivity contribution in [3.63, 3.8) is 0 Å². The summed E-state index contributed by atoms with van der Waals surface area (Å²) in [6.45, 7) is 4.01. The summed E-state index contributed by atoms with van der Waals surface area (Å²) in [4.78, 5) is 11.2. The molecule has 0 aromatic heterocycles. The fourth-order valence-corrected chi connectivity index (χ4v) is 1.90. The van der Waals surface area contributed by atoms with Gasteiger partial charge >= 0.3 is 0 Å². The van der Waals surface area contributed by atoms with Crippen LogP contribution in [0.25, 0.3) is 5.57 Å². The summed E-state index contributed by atoms with van der Waals surface area (Å²) in [5, 5.41) is 0. The van der Waals surface area contributed by atoms with Gasteiger partial charge in [0.1, 0.15) is 5.75 Å². The van der Waals surface area contributed by atoms with Gasteiger partial charge < -0.3 is 4.74 Å². The van der Waals surface area contributed by atoms with Crippen molar-refractivity contribution in [2.45, 2.75) is 32.8 Å². The molecule has 0 amide bonds. The molecule has 1 aromatic rings. The van der Waals surface area contributed by atoms with Crippen LogP contribution in [0.2, 0.25) is 0 Å². The van der Waals surface area contributed by atoms with Gasteiger partial charge in [-0.1, -0.05) is 18.2 Å². The topological polar surface area (TPSA) is 26.3 Å². The maximum Gasteiger partial charge on any atom is 0.156 e. The highest BCUT2D eigenvalue weighted by Gasteiger charge is 2.16. The number of carbonyl (C=O) groups is 1. The van der Waals surface area contributed by atoms with E-state index >= 15 is 0 Å². The zero-order valence-electron chi connectivity index (χ0n) is 9.69. The van der Waals surface area contributed by atoms with Gasteiger partial charge in [-0.25, -0.2) is 0 Å². The van der Waals surface area contributed by atoms with Gasteiger partial charge in [-0.2, -0.15) is 0 Å². The van der Waals surface area contributed by atoms with Gasteiger partial charge in [0.2, 0.25) is 0 Å². The molecule has 1 aliphatic carbocycles. The predicted molar refractivity (Wildman–Crippen MR) is 64.4 cm³/mol. The molecule has 1 aromatic carbocycles. The maximum absolute atomic E-state index is 11.2. The Morgan fingerprint density at radius 2 is 1.94 bits per heavy atom. The van der Waals surface area contributed by atoms with Crippen LogP contribution in [-0.2, 0) is 4.79 Å². The number of allylic oxidation sites excluding steroid dienone is 2. The lowest BCUT2D eigenvalue weighted by Gasteiger charge is -2.14. The van der Waals surface area contributed by atoms with Gasteiger partial charge in [0, 0.05) is 12.0 Å². The van der Waals surface area contributed by atoms with E-state index in [-0.39, 0.29) is 11.9 Å². The lowest BCUT2D eigenvalue weighted by molar-refractivity contribution is -0.114. The van der Waals surface area contributed by atoms with E-state index in [1.165, 1.54) is 0 Å². The minimum absolute atomic E-state index is 0.152. The predicted octanol–water partition coefficient (Wildman–Crippen LogP) is 3.22. The molecule has 2 heteroatoms. The third-order valence-corrected chi connectivity index (χ3v) is 2.57. The summed E-state index contributed by atoms with van der Waals surface area (Å²) in [5.41, 5.74) is 2.16. The molecule has 16 heavy (non-hydrogen) atoms. The van der Waals surface area contributed by atoms with Gasteiger partial charge in [0.25, 0.3) is 0 Å². The average Bonchev–Trinajstić information content (AvgIpc) is 2.65. The number of rotatable bonds is 3. The van der Waals surface area contributed by atoms with Crippen LogP contribution >= 0.6 is 0 Å². The van der Waals surface area contributed by atoms with Crippen molar-refractivity contribution in [3.05, 3.63) is 35.9 Å². The van der Waals surface area contributed by atoms with Crippen molar-refractivity contribution in [2.24, 2.45) is 0 Å². The Morgan fingerprint density at radius 3 is 2.56 bits per heavy atom. The van der Waals surface area contributed by atoms with Crippen molar-refractivity contribution >= 4 is 11.4 Å². The van der Waals surface area contributed by atoms with Crippen molar-refractivity contribution in [3.8, 4) is 5.75 Å². The first-order chi connectivity index (χ1) is 7.66. The van der Waals surface area contributed by atoms with E-state index in [9.17, 15) is 4.79 Å². The molecule has 0 unspecified atom stereocenters. The zero-order valence-corrected chi connectivity index (χ0v) is 9.69. The van der Waals surface area contributed by atoms with Crippen LogP contribution in [0.1, 0.15) is 32.3 Å². The van der Waals surface area contributed by atoms with E-state index in [4.69, 9.17) is 4.74 Å². The smallest absolute Gasteiger partial charge is 0.156 e. The highest BCUT2D eigenvalue weighted by Crippen LogP contribution is 2.32. The van der Waals surface area contributed by atoms with E-state index in [0.29, 0.717) is 6.42 Å². The van der Waals surface area contributed by atoms with Crippen molar-refractivity contribution in [2.75, 3.05) is 0 Å². The van der Waals surface area contributed by atoms with Crippen LogP contribution < -0.4 is 4.74 Å². The van der Waals surface area contributed by atoms with E-state index in [1.807, 2.05) is 38.1 Å². The number of hydrogen-bond donors (Lipinski definition) is 0. The highest BCUT2D eigenvalue weighted by atomic mass is 16.5. The Balaban J connectivity index is 2.33. The fraction of sp³-hybridized carbons (Fsp3) is 0.357. The second-order valence-electron chi connectivity index (χ2n) is 4.30. The lowest BCUT2D eigenvalue weighted by atomic mass is 10.0. The van der Waals surface area contributed by atoms with Crippen LogP contribution in [0, 0.1) is 0 Å². The third kappa shape index (κ3) is 2.32. The number of hydrogen-bond acceptors (Lipinski definition) is 2. The molecule has 2 rings (SSSR count). The number of benzene rings is 1. The highest BCUT2D eigenvalue weighted by molar-refractivity contribution is 6.02. The molecule has 0 saturated carbocycles. The molecule has 0 atom stereocenters. The summed E-state index contributed by atoms with van der Waals surface area (Å²) in [6.07, 6.45) is 3.35. The van der Waals surface area contributed by atoms with Gasteiger partial charge in [0.15, 0.2) is 5.78 Å². The Hall–Kier alpha value is -1.57. The van der Waals surface area contributed by atoms with Gasteiger partial charge in [-0.15, -0.1) is 0 Å². The Kier molecular flexibility index (Phi) is 3.09. The summed E-state index contributed by atoms with van der Waals surface area (Å²) >= 11 is 0. The van der Waals surface area contributed by atoms with E-state index in [1.54, 1.807) is 6.08 Å². The average molecular weight is 216 g/mol. The minimum Gasteiger partial charge on any atom is -0.490 e. The number of para-hydroxylation sites is 1. The van der Waals surface area contributed by atoms with E-state index in [0.717, 1.165) is 23.3 Å². The van der Waals surface area contributed by atoms with Crippen LogP contribution in [0.4, 0.5) is 0 Å². The monoisotopic (exact) mass is 216 g/mol. The first-order valence-electron chi connectivity index (χ1n) is 5.66. The second-order valence-corrected chi connectivity index (χ2v) is 4.30. The molecule has 0 bridgehead atoms. The molecular formula is C14H16O2. The second kappa shape index (κ2) is 4.52. The maximum atomic E-state index is 11.2. The SMILES string of the molecule is CC(C)Oc1ccccc1C1=CC(=O)CC1. The zero-order chi connectivity index (χ0) is 11.5. The number of carbonyl (C=O) groups excluding carboxylic acids is 1. The molecule has 0 spiro atoms. The van der Waals surface area contributed by atoms with E-state index in [2.05, 4.69) is 0 Å². The van der Waals surface area contributed by atoms with Crippen LogP contribution in [0.15, 0.2) is 30.3 Å². The third-order valence-electron chi connectivity index (χ3n) is 2.57. The summed E-state index contributed by atoms with van der Waals surface area (Å²) < 4.78 is 5.74. The summed E-state index contributed by atoms with van der Waals surface area (Å²) in [7, 11) is 0. The Bertz CT molecular complexity index is 430. The van der Waals surface area contributed by atoms with Crippen LogP contribution in [0.5, 0.6) is 5.75 Å². The Labute approximate surface area is 95.9 Å². The van der Waals surface area contributed by atoms with Gasteiger partial charge in [0.05, 0.1) is 6.10 Å². The molecule has 2 nitrogen and oxygen atoms in total. The van der Waals surface area contributed by atoms with Crippen molar-refractivity contribution in [1.29, 1.82) is 0 Å². The molecule has 0 aliphatic heterocycles. The minimum atomic E-state index is 0.152. The standard InChI is InChI=1S/C14H16O2/c1-10(2)16-14-6-4-3-5-13(14)11-7-8-12(15)9-11/h3-6,9-10H,7-8H2,1-2H3. The number of ketones is 1. The summed E-state index contributed by atoms with van der Waals surface area (Å²) in [6, 6.07) is 7.91. The first-order valence-corrected chi connectivity index (χ1v) is 5.66. The molecule has 0 N–H and O–H groups in total. The normalized spacial score (nSPS) is 15.4. The number of ether oxygens (including phenoxy) is 1. The Morgan fingerprint density at radius 1 is 1.19 bits per heavy atom. The van der Waals surface area contributed by atoms with Crippen molar-refractivity contribution in [1.82, 2.24) is 0 Å². The van der Waals surface area contributed by atoms with E-state index < -0.39 is 0 Å². The van der Waals surface area contributed by atoms with Gasteiger partial charge in [-0.05, 0) is 38.0 Å². The van der Waals surface area contributed by atoms with Crippen molar-refractivity contribution < 1.29 is 9.53 Å². The summed E-state index contributed by atoms with van der Waals surface area (Å²) in [5.74, 6) is 1.09. The molecule has 84 valence electrons. The largest absolute Gasteiger partial charge is 0.490 e. The molecule has 0 radical (unpaired) electrons. The quantitative estimate of drug-likeness (QED) is 0.775. The lowest BCUT2D eigenvalue weighted by Crippen LogP contribution is -2.07. The van der Waals surface area contributed by atoms with Crippen LogP contribution in [-0.4, -0.2) is 11.9 Å². The first kappa shape index (κ1) is 10.9. The van der Waals surface area contributed by atoms with Gasteiger partial charge in [-0.3, -0.25) is 4.79 Å². The molecule has 0 heterocycles. The molecular weight excluding hydrogens is 200 g/mol. The fourth-order valence-electron chi connectivity index (χ4n) is 1.90. The molecule has 1 aliphatic rings.